The first-order valence-corrected chi connectivity index (χ1v) is 7.64. The molecule has 0 radical (unpaired) electrons. The molecule has 0 bridgehead atoms. The highest BCUT2D eigenvalue weighted by Gasteiger charge is 2.11. The minimum absolute atomic E-state index is 0. The summed E-state index contributed by atoms with van der Waals surface area (Å²) in [5.41, 5.74) is 7.41. The Bertz CT molecular complexity index is 726. The van der Waals surface area contributed by atoms with Gasteiger partial charge in [-0.3, -0.25) is 4.99 Å². The van der Waals surface area contributed by atoms with Crippen molar-refractivity contribution >= 4 is 35.6 Å². The number of halogens is 2. The van der Waals surface area contributed by atoms with Gasteiger partial charge in [0.25, 0.3) is 0 Å². The first kappa shape index (κ1) is 22.0. The maximum atomic E-state index is 13.0. The summed E-state index contributed by atoms with van der Waals surface area (Å²) >= 11 is 0. The average Bonchev–Trinajstić information content (AvgIpc) is 2.63. The predicted molar refractivity (Wildman–Crippen MR) is 111 cm³/mol. The zero-order chi connectivity index (χ0) is 18.2. The summed E-state index contributed by atoms with van der Waals surface area (Å²) in [6.07, 6.45) is -0.326. The number of rotatable bonds is 7. The molecule has 0 aliphatic heterocycles. The molecule has 0 spiro atoms. The Labute approximate surface area is 169 Å². The number of methoxy groups -OCH3 is 3. The van der Waals surface area contributed by atoms with Gasteiger partial charge in [0.2, 0.25) is 0 Å². The predicted octanol–water partition coefficient (Wildman–Crippen LogP) is 3.58. The highest BCUT2D eigenvalue weighted by Crippen LogP contribution is 2.28. The van der Waals surface area contributed by atoms with Gasteiger partial charge in [-0.25, -0.2) is 4.39 Å². The third-order valence-electron chi connectivity index (χ3n) is 3.62. The quantitative estimate of drug-likeness (QED) is 0.364. The van der Waals surface area contributed by atoms with E-state index in [0.717, 1.165) is 5.56 Å². The van der Waals surface area contributed by atoms with Gasteiger partial charge in [-0.15, -0.1) is 24.0 Å². The van der Waals surface area contributed by atoms with Crippen LogP contribution in [0.25, 0.3) is 0 Å². The highest BCUT2D eigenvalue weighted by molar-refractivity contribution is 14.0. The monoisotopic (exact) mass is 475 g/mol. The lowest BCUT2D eigenvalue weighted by Gasteiger charge is -2.15. The lowest BCUT2D eigenvalue weighted by molar-refractivity contribution is 0.111. The van der Waals surface area contributed by atoms with E-state index in [-0.39, 0.29) is 48.4 Å². The van der Waals surface area contributed by atoms with E-state index in [1.54, 1.807) is 51.7 Å². The molecule has 3 N–H and O–H groups in total. The summed E-state index contributed by atoms with van der Waals surface area (Å²) in [5, 5.41) is 2.98. The fourth-order valence-electron chi connectivity index (χ4n) is 2.26. The molecular weight excluding hydrogens is 452 g/mol. The number of aliphatic imine (C=N–C) groups is 1. The second-order valence-corrected chi connectivity index (χ2v) is 5.19. The summed E-state index contributed by atoms with van der Waals surface area (Å²) < 4.78 is 28.9. The molecule has 26 heavy (non-hydrogen) atoms. The van der Waals surface area contributed by atoms with Crippen molar-refractivity contribution in [1.29, 1.82) is 0 Å². The SMILES string of the molecule is COc1ccc(OC)c(NC(N)=NCC(OC)c2ccc(F)cc2)c1.I. The Morgan fingerprint density at radius 3 is 2.38 bits per heavy atom. The molecule has 2 aromatic rings. The van der Waals surface area contributed by atoms with E-state index < -0.39 is 0 Å². The maximum absolute atomic E-state index is 13.0. The molecule has 8 heteroatoms. The number of benzene rings is 2. The average molecular weight is 475 g/mol. The Hall–Kier alpha value is -2.07. The van der Waals surface area contributed by atoms with Crippen molar-refractivity contribution in [3.05, 3.63) is 53.8 Å². The largest absolute Gasteiger partial charge is 0.497 e. The van der Waals surface area contributed by atoms with Crippen LogP contribution in [-0.2, 0) is 4.74 Å². The van der Waals surface area contributed by atoms with Gasteiger partial charge in [-0.1, -0.05) is 12.1 Å². The fourth-order valence-corrected chi connectivity index (χ4v) is 2.26. The molecular formula is C18H23FIN3O3. The Morgan fingerprint density at radius 2 is 1.81 bits per heavy atom. The van der Waals surface area contributed by atoms with Crippen LogP contribution in [0.1, 0.15) is 11.7 Å². The van der Waals surface area contributed by atoms with Gasteiger partial charge in [0.05, 0.1) is 26.5 Å². The number of guanidine groups is 1. The first-order chi connectivity index (χ1) is 12.1. The summed E-state index contributed by atoms with van der Waals surface area (Å²) in [6.45, 7) is 0.285. The Balaban J connectivity index is 0.00000338. The van der Waals surface area contributed by atoms with E-state index in [1.807, 2.05) is 0 Å². The number of nitrogens with one attached hydrogen (secondary N) is 1. The smallest absolute Gasteiger partial charge is 0.193 e. The van der Waals surface area contributed by atoms with E-state index in [1.165, 1.54) is 12.1 Å². The number of hydrogen-bond donors (Lipinski definition) is 2. The molecule has 6 nitrogen and oxygen atoms in total. The zero-order valence-corrected chi connectivity index (χ0v) is 17.2. The topological polar surface area (TPSA) is 78.1 Å². The van der Waals surface area contributed by atoms with Crippen LogP contribution in [0.2, 0.25) is 0 Å². The Kier molecular flexibility index (Phi) is 9.14. The maximum Gasteiger partial charge on any atom is 0.193 e. The zero-order valence-electron chi connectivity index (χ0n) is 14.9. The van der Waals surface area contributed by atoms with Crippen molar-refractivity contribution in [2.75, 3.05) is 33.2 Å². The van der Waals surface area contributed by atoms with Gasteiger partial charge in [0.15, 0.2) is 5.96 Å². The minimum Gasteiger partial charge on any atom is -0.497 e. The number of anilines is 1. The van der Waals surface area contributed by atoms with E-state index in [4.69, 9.17) is 19.9 Å². The summed E-state index contributed by atoms with van der Waals surface area (Å²) in [5.74, 6) is 1.18. The molecule has 0 heterocycles. The number of hydrogen-bond acceptors (Lipinski definition) is 4. The van der Waals surface area contributed by atoms with Gasteiger partial charge in [0.1, 0.15) is 23.4 Å². The van der Waals surface area contributed by atoms with Gasteiger partial charge in [-0.2, -0.15) is 0 Å². The first-order valence-electron chi connectivity index (χ1n) is 7.64. The van der Waals surface area contributed by atoms with Crippen LogP contribution in [0, 0.1) is 5.82 Å². The third kappa shape index (κ3) is 6.03. The van der Waals surface area contributed by atoms with Gasteiger partial charge in [0, 0.05) is 13.2 Å². The van der Waals surface area contributed by atoms with Crippen molar-refractivity contribution in [1.82, 2.24) is 0 Å². The van der Waals surface area contributed by atoms with Crippen molar-refractivity contribution < 1.29 is 18.6 Å². The number of ether oxygens (including phenoxy) is 3. The van der Waals surface area contributed by atoms with Crippen LogP contribution in [0.15, 0.2) is 47.5 Å². The molecule has 0 aliphatic carbocycles. The molecule has 0 saturated heterocycles. The summed E-state index contributed by atoms with van der Waals surface area (Å²) in [4.78, 5) is 4.29. The van der Waals surface area contributed by atoms with Crippen molar-refractivity contribution in [2.24, 2.45) is 10.7 Å². The van der Waals surface area contributed by atoms with Gasteiger partial charge >= 0.3 is 0 Å². The second-order valence-electron chi connectivity index (χ2n) is 5.19. The minimum atomic E-state index is -0.326. The molecule has 0 saturated carbocycles. The lowest BCUT2D eigenvalue weighted by Crippen LogP contribution is -2.24. The molecule has 1 unspecified atom stereocenters. The van der Waals surface area contributed by atoms with E-state index in [9.17, 15) is 4.39 Å². The fraction of sp³-hybridized carbons (Fsp3) is 0.278. The van der Waals surface area contributed by atoms with Crippen molar-refractivity contribution in [2.45, 2.75) is 6.10 Å². The normalized spacial score (nSPS) is 12.1. The summed E-state index contributed by atoms with van der Waals surface area (Å²) in [7, 11) is 4.71. The van der Waals surface area contributed by atoms with Crippen LogP contribution in [-0.4, -0.2) is 33.8 Å². The highest BCUT2D eigenvalue weighted by atomic mass is 127. The molecule has 0 aliphatic rings. The molecule has 2 aromatic carbocycles. The third-order valence-corrected chi connectivity index (χ3v) is 3.62. The van der Waals surface area contributed by atoms with Crippen LogP contribution < -0.4 is 20.5 Å². The molecule has 0 aromatic heterocycles. The van der Waals surface area contributed by atoms with Crippen LogP contribution >= 0.6 is 24.0 Å². The van der Waals surface area contributed by atoms with Gasteiger partial charge < -0.3 is 25.3 Å². The van der Waals surface area contributed by atoms with E-state index in [0.29, 0.717) is 17.2 Å². The molecule has 1 atom stereocenters. The standard InChI is InChI=1S/C18H22FN3O3.HI/c1-23-14-8-9-16(24-2)15(10-14)22-18(20)21-11-17(25-3)12-4-6-13(19)7-5-12;/h4-10,17H,11H2,1-3H3,(H3,20,21,22);1H. The van der Waals surface area contributed by atoms with Gasteiger partial charge in [-0.05, 0) is 29.8 Å². The molecule has 0 fully saturated rings. The van der Waals surface area contributed by atoms with Crippen molar-refractivity contribution in [3.8, 4) is 11.5 Å². The lowest BCUT2D eigenvalue weighted by atomic mass is 10.1. The van der Waals surface area contributed by atoms with Crippen molar-refractivity contribution in [3.63, 3.8) is 0 Å². The number of nitrogens with two attached hydrogens (primary N) is 1. The van der Waals surface area contributed by atoms with Crippen LogP contribution in [0.3, 0.4) is 0 Å². The molecule has 142 valence electrons. The molecule has 0 amide bonds. The van der Waals surface area contributed by atoms with E-state index >= 15 is 0 Å². The van der Waals surface area contributed by atoms with Crippen LogP contribution in [0.5, 0.6) is 11.5 Å². The summed E-state index contributed by atoms with van der Waals surface area (Å²) in [6, 6.07) is 11.4. The molecule has 2 rings (SSSR count). The van der Waals surface area contributed by atoms with E-state index in [2.05, 4.69) is 10.3 Å². The number of nitrogens with zero attached hydrogens (tertiary/aromatic N) is 1. The second kappa shape index (κ2) is 10.8. The Morgan fingerprint density at radius 1 is 1.12 bits per heavy atom. The van der Waals surface area contributed by atoms with Crippen LogP contribution in [0.4, 0.5) is 10.1 Å².